The largest absolute Gasteiger partial charge is 0.487 e. The van der Waals surface area contributed by atoms with Crippen LogP contribution in [0.2, 0.25) is 0 Å². The average molecular weight is 245 g/mol. The van der Waals surface area contributed by atoms with E-state index in [1.807, 2.05) is 0 Å². The summed E-state index contributed by atoms with van der Waals surface area (Å²) in [6, 6.07) is 6.65. The Morgan fingerprint density at radius 1 is 1.39 bits per heavy atom. The topological polar surface area (TPSA) is 21.3 Å². The molecule has 0 bridgehead atoms. The minimum Gasteiger partial charge on any atom is -0.487 e. The van der Waals surface area contributed by atoms with E-state index in [2.05, 4.69) is 37.4 Å². The van der Waals surface area contributed by atoms with E-state index >= 15 is 0 Å². The Hall–Kier alpha value is -1.02. The third kappa shape index (κ3) is 2.39. The van der Waals surface area contributed by atoms with Gasteiger partial charge >= 0.3 is 0 Å². The molecular weight excluding hydrogens is 222 g/mol. The van der Waals surface area contributed by atoms with E-state index in [-0.39, 0.29) is 5.60 Å². The molecule has 1 fully saturated rings. The fraction of sp³-hybridized carbons (Fsp3) is 0.625. The van der Waals surface area contributed by atoms with E-state index in [9.17, 15) is 0 Å². The minimum atomic E-state index is -0.0246. The van der Waals surface area contributed by atoms with Crippen molar-refractivity contribution in [2.45, 2.75) is 45.1 Å². The fourth-order valence-electron chi connectivity index (χ4n) is 3.25. The first-order valence-electron chi connectivity index (χ1n) is 7.14. The Labute approximate surface area is 110 Å². The molecule has 0 radical (unpaired) electrons. The Bertz CT molecular complexity index is 433. The number of fused-ring (bicyclic) bond motifs is 1. The Morgan fingerprint density at radius 2 is 2.28 bits per heavy atom. The summed E-state index contributed by atoms with van der Waals surface area (Å²) in [5.41, 5.74) is 2.77. The second-order valence-electron chi connectivity index (χ2n) is 6.36. The third-order valence-electron chi connectivity index (χ3n) is 4.08. The van der Waals surface area contributed by atoms with Crippen LogP contribution >= 0.6 is 0 Å². The Kier molecular flexibility index (Phi) is 3.06. The highest BCUT2D eigenvalue weighted by molar-refractivity contribution is 5.46. The number of hydrogen-bond acceptors (Lipinski definition) is 2. The molecule has 2 nitrogen and oxygen atoms in total. The van der Waals surface area contributed by atoms with Crippen LogP contribution in [0.3, 0.4) is 0 Å². The van der Waals surface area contributed by atoms with Gasteiger partial charge in [-0.05, 0) is 63.2 Å². The first kappa shape index (κ1) is 12.0. The van der Waals surface area contributed by atoms with Gasteiger partial charge in [0.05, 0.1) is 0 Å². The molecule has 3 rings (SSSR count). The van der Waals surface area contributed by atoms with E-state index in [0.29, 0.717) is 0 Å². The maximum absolute atomic E-state index is 6.15. The van der Waals surface area contributed by atoms with Crippen molar-refractivity contribution < 1.29 is 4.74 Å². The van der Waals surface area contributed by atoms with Crippen molar-refractivity contribution in [3.05, 3.63) is 29.3 Å². The van der Waals surface area contributed by atoms with E-state index in [1.165, 1.54) is 36.3 Å². The van der Waals surface area contributed by atoms with Gasteiger partial charge in [-0.3, -0.25) is 0 Å². The lowest BCUT2D eigenvalue weighted by atomic mass is 9.91. The lowest BCUT2D eigenvalue weighted by Gasteiger charge is -2.24. The molecule has 1 aromatic rings. The predicted octanol–water partition coefficient (Wildman–Crippen LogP) is 2.94. The summed E-state index contributed by atoms with van der Waals surface area (Å²) in [5.74, 6) is 1.95. The molecule has 0 saturated carbocycles. The molecule has 2 heteroatoms. The van der Waals surface area contributed by atoms with Gasteiger partial charge in [0.25, 0.3) is 0 Å². The maximum atomic E-state index is 6.15. The zero-order valence-electron chi connectivity index (χ0n) is 11.5. The third-order valence-corrected chi connectivity index (χ3v) is 4.08. The molecule has 2 heterocycles. The molecular formula is C16H23NO. The normalized spacial score (nSPS) is 25.6. The van der Waals surface area contributed by atoms with E-state index in [4.69, 9.17) is 4.74 Å². The number of benzene rings is 1. The number of hydrogen-bond donors (Lipinski definition) is 1. The van der Waals surface area contributed by atoms with Crippen molar-refractivity contribution in [1.82, 2.24) is 5.32 Å². The first-order valence-corrected chi connectivity index (χ1v) is 7.14. The number of rotatable bonds is 2. The first-order chi connectivity index (χ1) is 8.64. The molecule has 1 atom stereocenters. The van der Waals surface area contributed by atoms with E-state index in [0.717, 1.165) is 25.3 Å². The SMILES string of the molecule is CC1(C)Cc2cccc(CC3CCCNC3)c2O1. The molecule has 0 amide bonds. The van der Waals surface area contributed by atoms with Crippen molar-refractivity contribution in [3.8, 4) is 5.75 Å². The van der Waals surface area contributed by atoms with Gasteiger partial charge in [-0.15, -0.1) is 0 Å². The van der Waals surface area contributed by atoms with Crippen LogP contribution in [0.15, 0.2) is 18.2 Å². The zero-order chi connectivity index (χ0) is 12.6. The summed E-state index contributed by atoms with van der Waals surface area (Å²) in [6.45, 7) is 6.71. The van der Waals surface area contributed by atoms with Crippen molar-refractivity contribution in [2.24, 2.45) is 5.92 Å². The van der Waals surface area contributed by atoms with Gasteiger partial charge < -0.3 is 10.1 Å². The quantitative estimate of drug-likeness (QED) is 0.865. The molecule has 1 N–H and O–H groups in total. The van der Waals surface area contributed by atoms with Crippen LogP contribution in [0.1, 0.15) is 37.8 Å². The number of ether oxygens (including phenoxy) is 1. The predicted molar refractivity (Wildman–Crippen MR) is 74.2 cm³/mol. The van der Waals surface area contributed by atoms with Crippen LogP contribution in [0, 0.1) is 5.92 Å². The van der Waals surface area contributed by atoms with Crippen molar-refractivity contribution in [1.29, 1.82) is 0 Å². The maximum Gasteiger partial charge on any atom is 0.126 e. The summed E-state index contributed by atoms with van der Waals surface area (Å²) in [4.78, 5) is 0. The summed E-state index contributed by atoms with van der Waals surface area (Å²) >= 11 is 0. The lowest BCUT2D eigenvalue weighted by molar-refractivity contribution is 0.136. The standard InChI is InChI=1S/C16H23NO/c1-16(2)10-14-7-3-6-13(15(14)18-16)9-12-5-4-8-17-11-12/h3,6-7,12,17H,4-5,8-11H2,1-2H3. The Balaban J connectivity index is 1.79. The van der Waals surface area contributed by atoms with Crippen LogP contribution in [0.4, 0.5) is 0 Å². The molecule has 1 saturated heterocycles. The van der Waals surface area contributed by atoms with Gasteiger partial charge in [-0.25, -0.2) is 0 Å². The van der Waals surface area contributed by atoms with Gasteiger partial charge in [0.1, 0.15) is 11.4 Å². The van der Waals surface area contributed by atoms with Gasteiger partial charge in [-0.1, -0.05) is 18.2 Å². The molecule has 0 spiro atoms. The highest BCUT2D eigenvalue weighted by atomic mass is 16.5. The van der Waals surface area contributed by atoms with Gasteiger partial charge in [-0.2, -0.15) is 0 Å². The van der Waals surface area contributed by atoms with Gasteiger partial charge in [0, 0.05) is 6.42 Å². The highest BCUT2D eigenvalue weighted by Crippen LogP contribution is 2.38. The molecule has 18 heavy (non-hydrogen) atoms. The van der Waals surface area contributed by atoms with Crippen LogP contribution < -0.4 is 10.1 Å². The monoisotopic (exact) mass is 245 g/mol. The molecule has 98 valence electrons. The fourth-order valence-corrected chi connectivity index (χ4v) is 3.25. The number of nitrogens with one attached hydrogen (secondary N) is 1. The summed E-state index contributed by atoms with van der Waals surface area (Å²) < 4.78 is 6.15. The summed E-state index contributed by atoms with van der Waals surface area (Å²) in [5, 5.41) is 3.50. The van der Waals surface area contributed by atoms with Crippen molar-refractivity contribution >= 4 is 0 Å². The molecule has 1 unspecified atom stereocenters. The van der Waals surface area contributed by atoms with Crippen LogP contribution in [-0.4, -0.2) is 18.7 Å². The average Bonchev–Trinajstić information content (AvgIpc) is 2.66. The van der Waals surface area contributed by atoms with Crippen molar-refractivity contribution in [3.63, 3.8) is 0 Å². The minimum absolute atomic E-state index is 0.0246. The molecule has 2 aliphatic rings. The van der Waals surface area contributed by atoms with Gasteiger partial charge in [0.15, 0.2) is 0 Å². The second kappa shape index (κ2) is 4.58. The highest BCUT2D eigenvalue weighted by Gasteiger charge is 2.31. The van der Waals surface area contributed by atoms with Gasteiger partial charge in [0.2, 0.25) is 0 Å². The number of para-hydroxylation sites is 1. The zero-order valence-corrected chi connectivity index (χ0v) is 11.5. The molecule has 0 aliphatic carbocycles. The smallest absolute Gasteiger partial charge is 0.126 e. The van der Waals surface area contributed by atoms with Crippen LogP contribution in [0.25, 0.3) is 0 Å². The van der Waals surface area contributed by atoms with E-state index < -0.39 is 0 Å². The lowest BCUT2D eigenvalue weighted by Crippen LogP contribution is -2.31. The van der Waals surface area contributed by atoms with Crippen molar-refractivity contribution in [2.75, 3.05) is 13.1 Å². The van der Waals surface area contributed by atoms with Crippen LogP contribution in [0.5, 0.6) is 5.75 Å². The summed E-state index contributed by atoms with van der Waals surface area (Å²) in [7, 11) is 0. The number of piperidine rings is 1. The molecule has 0 aromatic heterocycles. The molecule has 1 aromatic carbocycles. The van der Waals surface area contributed by atoms with Crippen LogP contribution in [-0.2, 0) is 12.8 Å². The second-order valence-corrected chi connectivity index (χ2v) is 6.36. The summed E-state index contributed by atoms with van der Waals surface area (Å²) in [6.07, 6.45) is 4.86. The van der Waals surface area contributed by atoms with E-state index in [1.54, 1.807) is 0 Å². The Morgan fingerprint density at radius 3 is 3.06 bits per heavy atom. The molecule has 2 aliphatic heterocycles.